The van der Waals surface area contributed by atoms with Gasteiger partial charge in [0.15, 0.2) is 27.8 Å². The highest BCUT2D eigenvalue weighted by molar-refractivity contribution is 7.79. The maximum absolute atomic E-state index is 12.4. The van der Waals surface area contributed by atoms with Crippen LogP contribution in [0.1, 0.15) is 61.3 Å². The Labute approximate surface area is 222 Å². The van der Waals surface area contributed by atoms with Crippen LogP contribution in [0.5, 0.6) is 0 Å². The number of likely N-dealkylation sites (N-methyl/N-ethyl adjacent to an activating group) is 1. The van der Waals surface area contributed by atoms with Gasteiger partial charge in [0.25, 0.3) is 0 Å². The number of rotatable bonds is 18. The van der Waals surface area contributed by atoms with Gasteiger partial charge in [0.1, 0.15) is 12.1 Å². The molecule has 37 heavy (non-hydrogen) atoms. The summed E-state index contributed by atoms with van der Waals surface area (Å²) >= 11 is -2.33. The molecule has 0 aliphatic rings. The Hall–Kier alpha value is -2.42. The zero-order valence-corrected chi connectivity index (χ0v) is 24.0. The van der Waals surface area contributed by atoms with Gasteiger partial charge in [-0.1, -0.05) is 13.8 Å². The van der Waals surface area contributed by atoms with Crippen molar-refractivity contribution in [3.05, 3.63) is 0 Å². The smallest absolute Gasteiger partial charge is 0.351 e. The number of hydrogen-bond acceptors (Lipinski definition) is 7. The highest BCUT2D eigenvalue weighted by atomic mass is 32.2. The molecule has 0 radical (unpaired) electrons. The first-order valence-corrected chi connectivity index (χ1v) is 13.2. The van der Waals surface area contributed by atoms with Crippen LogP contribution >= 0.6 is 0 Å². The molecule has 14 heteroatoms. The minimum Gasteiger partial charge on any atom is -0.478 e. The zero-order chi connectivity index (χ0) is 29.2. The highest BCUT2D eigenvalue weighted by Gasteiger charge is 2.34. The van der Waals surface area contributed by atoms with Gasteiger partial charge >= 0.3 is 5.97 Å². The van der Waals surface area contributed by atoms with Gasteiger partial charge in [0.2, 0.25) is 18.2 Å². The molecule has 0 aromatic carbocycles. The third kappa shape index (κ3) is 16.1. The fourth-order valence-electron chi connectivity index (χ4n) is 2.37. The lowest BCUT2D eigenvalue weighted by Crippen LogP contribution is -2.55. The fraction of sp³-hybridized carbons (Fsp3) is 0.783. The predicted octanol–water partition coefficient (Wildman–Crippen LogP) is 0.0972. The summed E-state index contributed by atoms with van der Waals surface area (Å²) in [6.07, 6.45) is 1.09. The van der Waals surface area contributed by atoms with Crippen molar-refractivity contribution in [3.63, 3.8) is 0 Å². The molecule has 13 nitrogen and oxygen atoms in total. The van der Waals surface area contributed by atoms with E-state index in [4.69, 9.17) is 9.47 Å². The maximum atomic E-state index is 12.4. The van der Waals surface area contributed by atoms with Crippen LogP contribution in [0.2, 0.25) is 0 Å². The largest absolute Gasteiger partial charge is 0.478 e. The van der Waals surface area contributed by atoms with Crippen molar-refractivity contribution in [3.8, 4) is 0 Å². The number of ether oxygens (including phenoxy) is 2. The number of amides is 2. The van der Waals surface area contributed by atoms with Crippen LogP contribution in [0.25, 0.3) is 0 Å². The van der Waals surface area contributed by atoms with Crippen LogP contribution in [0.15, 0.2) is 0 Å². The third-order valence-corrected chi connectivity index (χ3v) is 5.82. The number of aliphatic carboxylic acids is 1. The second kappa shape index (κ2) is 18.8. The van der Waals surface area contributed by atoms with Gasteiger partial charge in [-0.05, 0) is 34.6 Å². The zero-order valence-electron chi connectivity index (χ0n) is 23.2. The molecule has 0 heterocycles. The van der Waals surface area contributed by atoms with Gasteiger partial charge in [-0.25, -0.2) is 9.00 Å². The Morgan fingerprint density at radius 3 is 2.14 bits per heavy atom. The van der Waals surface area contributed by atoms with Crippen molar-refractivity contribution < 1.29 is 47.1 Å². The molecule has 0 aromatic heterocycles. The average Bonchev–Trinajstić information content (AvgIpc) is 2.80. The summed E-state index contributed by atoms with van der Waals surface area (Å²) in [6.45, 7) is 12.4. The van der Waals surface area contributed by atoms with E-state index in [1.165, 1.54) is 52.6 Å². The molecule has 2 unspecified atom stereocenters. The van der Waals surface area contributed by atoms with E-state index < -0.39 is 45.3 Å². The minimum absolute atomic E-state index is 0.0250. The first-order valence-electron chi connectivity index (χ1n) is 12.0. The van der Waals surface area contributed by atoms with Crippen molar-refractivity contribution in [1.29, 1.82) is 0 Å². The van der Waals surface area contributed by atoms with E-state index in [1.807, 2.05) is 13.8 Å². The first-order chi connectivity index (χ1) is 17.1. The van der Waals surface area contributed by atoms with Crippen LogP contribution in [0.3, 0.4) is 0 Å². The summed E-state index contributed by atoms with van der Waals surface area (Å²) in [5.74, 6) is -2.09. The molecule has 0 bridgehead atoms. The number of nitrogens with zero attached hydrogens (tertiary/aromatic N) is 1. The van der Waals surface area contributed by atoms with Crippen molar-refractivity contribution in [2.45, 2.75) is 77.8 Å². The van der Waals surface area contributed by atoms with E-state index in [0.717, 1.165) is 0 Å². The summed E-state index contributed by atoms with van der Waals surface area (Å²) in [4.78, 5) is 46.8. The number of carboxylic acid groups (broad SMARTS) is 1. The van der Waals surface area contributed by atoms with Crippen LogP contribution < -0.4 is 16.0 Å². The fourth-order valence-corrected chi connectivity index (χ4v) is 2.87. The Balaban J connectivity index is 0. The number of hydrogen-bond donors (Lipinski definition) is 5. The molecule has 0 aliphatic carbocycles. The van der Waals surface area contributed by atoms with Crippen LogP contribution in [-0.2, 0) is 39.7 Å². The molecule has 0 spiro atoms. The second-order valence-corrected chi connectivity index (χ2v) is 9.99. The minimum atomic E-state index is -2.33. The van der Waals surface area contributed by atoms with E-state index in [0.29, 0.717) is 0 Å². The quantitative estimate of drug-likeness (QED) is 0.0513. The summed E-state index contributed by atoms with van der Waals surface area (Å²) < 4.78 is 32.8. The number of carbonyl (C=O) groups is 4. The van der Waals surface area contributed by atoms with Crippen molar-refractivity contribution in [1.82, 2.24) is 16.0 Å². The molecular formula is C23H45N4O9S+. The van der Waals surface area contributed by atoms with E-state index in [-0.39, 0.29) is 51.6 Å². The maximum Gasteiger partial charge on any atom is 0.351 e. The average molecular weight is 554 g/mol. The molecule has 2 atom stereocenters. The molecular weight excluding hydrogens is 508 g/mol. The molecule has 0 aliphatic heterocycles. The molecule has 0 fully saturated rings. The van der Waals surface area contributed by atoms with Crippen molar-refractivity contribution >= 4 is 41.0 Å². The highest BCUT2D eigenvalue weighted by Crippen LogP contribution is 2.08. The lowest BCUT2D eigenvalue weighted by atomic mass is 10.0. The number of Topliss-reactive ketones (excluding diaryl/α,β-unsaturated/α-hetero) is 1. The van der Waals surface area contributed by atoms with Gasteiger partial charge in [-0.15, -0.1) is 0 Å². The van der Waals surface area contributed by atoms with Crippen LogP contribution in [0, 0.1) is 0 Å². The second-order valence-electron chi connectivity index (χ2n) is 8.87. The lowest BCUT2D eigenvalue weighted by Gasteiger charge is -2.25. The van der Waals surface area contributed by atoms with E-state index in [2.05, 4.69) is 16.0 Å². The SMILES string of the molecule is CC.CC(=O)COCCOCCNC(=O)C(C)(C)NC(=O)CCC(NC=[N+](C)C(C)(C)C(=O)O)S(=O)O. The van der Waals surface area contributed by atoms with Crippen LogP contribution in [-0.4, -0.2) is 105 Å². The molecule has 0 saturated heterocycles. The molecule has 0 rings (SSSR count). The predicted molar refractivity (Wildman–Crippen MR) is 140 cm³/mol. The Morgan fingerprint density at radius 2 is 1.62 bits per heavy atom. The first kappa shape index (κ1) is 36.7. The lowest BCUT2D eigenvalue weighted by molar-refractivity contribution is -0.558. The number of carboxylic acids is 1. The van der Waals surface area contributed by atoms with Gasteiger partial charge in [0, 0.05) is 19.4 Å². The topological polar surface area (TPSA) is 183 Å². The number of carbonyl (C=O) groups excluding carboxylic acids is 3. The molecule has 0 aromatic rings. The third-order valence-electron chi connectivity index (χ3n) is 4.97. The van der Waals surface area contributed by atoms with Gasteiger partial charge in [-0.3, -0.25) is 24.3 Å². The monoisotopic (exact) mass is 553 g/mol. The summed E-state index contributed by atoms with van der Waals surface area (Å²) in [5, 5.41) is 16.1. The Bertz CT molecular complexity index is 801. The van der Waals surface area contributed by atoms with E-state index in [1.54, 1.807) is 0 Å². The van der Waals surface area contributed by atoms with Crippen LogP contribution in [0.4, 0.5) is 0 Å². The molecule has 2 amide bonds. The normalized spacial score (nSPS) is 13.5. The molecule has 0 saturated carbocycles. The van der Waals surface area contributed by atoms with Gasteiger partial charge in [0.05, 0.1) is 26.9 Å². The van der Waals surface area contributed by atoms with Gasteiger partial charge in [-0.2, -0.15) is 0 Å². The van der Waals surface area contributed by atoms with E-state index >= 15 is 0 Å². The van der Waals surface area contributed by atoms with Crippen molar-refractivity contribution in [2.75, 3.05) is 40.0 Å². The van der Waals surface area contributed by atoms with Crippen molar-refractivity contribution in [2.24, 2.45) is 0 Å². The number of nitrogens with one attached hydrogen (secondary N) is 3. The summed E-state index contributed by atoms with van der Waals surface area (Å²) in [7, 11) is 1.50. The Morgan fingerprint density at radius 1 is 1.05 bits per heavy atom. The number of ketones is 1. The van der Waals surface area contributed by atoms with Gasteiger partial charge < -0.3 is 29.8 Å². The van der Waals surface area contributed by atoms with E-state index in [9.17, 15) is 33.0 Å². The Kier molecular flexibility index (Phi) is 18.6. The molecule has 216 valence electrons. The summed E-state index contributed by atoms with van der Waals surface area (Å²) in [5.41, 5.74) is -2.49. The molecule has 5 N–H and O–H groups in total. The summed E-state index contributed by atoms with van der Waals surface area (Å²) in [6, 6.07) is 0. The standard InChI is InChI=1S/C21H38N4O9S.C2H6/c1-15(26)13-34-12-11-33-10-9-22-18(28)20(2,3)24-16(27)7-8-17(35(31)32)23-14-25(6)21(4,5)19(29)30;1-2/h14,17H,7-13H2,1-6H3,(H4,22,24,27,28,29,30,31,32);1-2H3/p+1.